The predicted molar refractivity (Wildman–Crippen MR) is 75.9 cm³/mol. The van der Waals surface area contributed by atoms with E-state index < -0.39 is 0 Å². The van der Waals surface area contributed by atoms with Gasteiger partial charge in [0.05, 0.1) is 5.60 Å². The van der Waals surface area contributed by atoms with Crippen LogP contribution < -0.4 is 5.32 Å². The van der Waals surface area contributed by atoms with Crippen LogP contribution >= 0.6 is 0 Å². The standard InChI is InChI=1S/C15H30N2O/c1-15(2,18-3)9-11-17-10-5-4-6-14(17)12-16-13-7-8-13/h13-14,16H,4-12H2,1-3H3. The summed E-state index contributed by atoms with van der Waals surface area (Å²) in [4.78, 5) is 2.68. The van der Waals surface area contributed by atoms with Crippen molar-refractivity contribution >= 4 is 0 Å². The lowest BCUT2D eigenvalue weighted by Gasteiger charge is -2.37. The number of piperidine rings is 1. The molecule has 0 aromatic rings. The summed E-state index contributed by atoms with van der Waals surface area (Å²) in [6.45, 7) is 8.02. The minimum Gasteiger partial charge on any atom is -0.379 e. The Kier molecular flexibility index (Phi) is 5.05. The van der Waals surface area contributed by atoms with Crippen LogP contribution in [0.15, 0.2) is 0 Å². The largest absolute Gasteiger partial charge is 0.379 e. The van der Waals surface area contributed by atoms with Gasteiger partial charge in [0, 0.05) is 32.3 Å². The van der Waals surface area contributed by atoms with Crippen LogP contribution in [0.2, 0.25) is 0 Å². The van der Waals surface area contributed by atoms with Crippen molar-refractivity contribution in [2.24, 2.45) is 0 Å². The van der Waals surface area contributed by atoms with Crippen LogP contribution in [-0.4, -0.2) is 49.3 Å². The van der Waals surface area contributed by atoms with E-state index >= 15 is 0 Å². The zero-order chi connectivity index (χ0) is 13.0. The van der Waals surface area contributed by atoms with Crippen LogP contribution in [0, 0.1) is 0 Å². The lowest BCUT2D eigenvalue weighted by Crippen LogP contribution is -2.47. The van der Waals surface area contributed by atoms with Gasteiger partial charge in [-0.3, -0.25) is 4.90 Å². The molecule has 0 spiro atoms. The van der Waals surface area contributed by atoms with Gasteiger partial charge in [0.15, 0.2) is 0 Å². The molecule has 2 rings (SSSR count). The van der Waals surface area contributed by atoms with Crippen molar-refractivity contribution in [1.82, 2.24) is 10.2 Å². The molecular formula is C15H30N2O. The van der Waals surface area contributed by atoms with Gasteiger partial charge in [-0.1, -0.05) is 6.42 Å². The maximum absolute atomic E-state index is 5.53. The molecule has 2 aliphatic rings. The molecule has 1 saturated heterocycles. The number of hydrogen-bond acceptors (Lipinski definition) is 3. The molecule has 0 amide bonds. The molecule has 0 aromatic heterocycles. The molecule has 0 bridgehead atoms. The highest BCUT2D eigenvalue weighted by Gasteiger charge is 2.27. The second-order valence-corrected chi connectivity index (χ2v) is 6.58. The van der Waals surface area contributed by atoms with Gasteiger partial charge in [0.1, 0.15) is 0 Å². The molecule has 1 saturated carbocycles. The van der Waals surface area contributed by atoms with Gasteiger partial charge in [-0.05, 0) is 52.5 Å². The van der Waals surface area contributed by atoms with Crippen molar-refractivity contribution in [3.05, 3.63) is 0 Å². The number of nitrogens with one attached hydrogen (secondary N) is 1. The molecule has 3 nitrogen and oxygen atoms in total. The second-order valence-electron chi connectivity index (χ2n) is 6.58. The van der Waals surface area contributed by atoms with Crippen LogP contribution in [0.5, 0.6) is 0 Å². The summed E-state index contributed by atoms with van der Waals surface area (Å²) in [6, 6.07) is 1.59. The Labute approximate surface area is 112 Å². The first-order chi connectivity index (χ1) is 8.61. The smallest absolute Gasteiger partial charge is 0.0634 e. The van der Waals surface area contributed by atoms with E-state index in [1.54, 1.807) is 0 Å². The number of hydrogen-bond donors (Lipinski definition) is 1. The fourth-order valence-corrected chi connectivity index (χ4v) is 2.69. The average molecular weight is 254 g/mol. The number of ether oxygens (including phenoxy) is 1. The van der Waals surface area contributed by atoms with Crippen molar-refractivity contribution < 1.29 is 4.74 Å². The van der Waals surface area contributed by atoms with Gasteiger partial charge in [-0.2, -0.15) is 0 Å². The number of methoxy groups -OCH3 is 1. The first-order valence-electron chi connectivity index (χ1n) is 7.63. The summed E-state index contributed by atoms with van der Waals surface area (Å²) in [5.74, 6) is 0. The van der Waals surface area contributed by atoms with Crippen molar-refractivity contribution in [2.45, 2.75) is 70.1 Å². The van der Waals surface area contributed by atoms with Crippen molar-refractivity contribution in [2.75, 3.05) is 26.7 Å². The van der Waals surface area contributed by atoms with Gasteiger partial charge >= 0.3 is 0 Å². The highest BCUT2D eigenvalue weighted by Crippen LogP contribution is 2.22. The third kappa shape index (κ3) is 4.52. The highest BCUT2D eigenvalue weighted by atomic mass is 16.5. The van der Waals surface area contributed by atoms with Gasteiger partial charge < -0.3 is 10.1 Å². The van der Waals surface area contributed by atoms with Gasteiger partial charge in [0.2, 0.25) is 0 Å². The Bertz CT molecular complexity index is 251. The summed E-state index contributed by atoms with van der Waals surface area (Å²) >= 11 is 0. The Morgan fingerprint density at radius 3 is 2.67 bits per heavy atom. The van der Waals surface area contributed by atoms with Gasteiger partial charge in [0.25, 0.3) is 0 Å². The minimum atomic E-state index is 0.0198. The van der Waals surface area contributed by atoms with Crippen LogP contribution in [0.4, 0.5) is 0 Å². The van der Waals surface area contributed by atoms with E-state index in [1.807, 2.05) is 7.11 Å². The number of likely N-dealkylation sites (tertiary alicyclic amines) is 1. The Morgan fingerprint density at radius 2 is 2.00 bits per heavy atom. The zero-order valence-electron chi connectivity index (χ0n) is 12.4. The molecule has 0 aromatic carbocycles. The number of nitrogens with zero attached hydrogens (tertiary/aromatic N) is 1. The molecule has 1 atom stereocenters. The molecule has 0 radical (unpaired) electrons. The van der Waals surface area contributed by atoms with E-state index in [9.17, 15) is 0 Å². The van der Waals surface area contributed by atoms with Gasteiger partial charge in [-0.15, -0.1) is 0 Å². The first-order valence-corrected chi connectivity index (χ1v) is 7.63. The van der Waals surface area contributed by atoms with Crippen LogP contribution in [-0.2, 0) is 4.74 Å². The fraction of sp³-hybridized carbons (Fsp3) is 1.00. The summed E-state index contributed by atoms with van der Waals surface area (Å²) in [7, 11) is 1.82. The normalized spacial score (nSPS) is 26.5. The van der Waals surface area contributed by atoms with Crippen molar-refractivity contribution in [1.29, 1.82) is 0 Å². The van der Waals surface area contributed by atoms with E-state index in [0.717, 1.165) is 18.5 Å². The third-order valence-corrected chi connectivity index (χ3v) is 4.52. The average Bonchev–Trinajstić information content (AvgIpc) is 3.19. The summed E-state index contributed by atoms with van der Waals surface area (Å²) < 4.78 is 5.53. The molecule has 3 heteroatoms. The van der Waals surface area contributed by atoms with E-state index in [2.05, 4.69) is 24.1 Å². The summed E-state index contributed by atoms with van der Waals surface area (Å²) in [6.07, 6.45) is 8.05. The van der Waals surface area contributed by atoms with E-state index in [-0.39, 0.29) is 5.60 Å². The molecule has 1 aliphatic carbocycles. The molecule has 1 unspecified atom stereocenters. The Morgan fingerprint density at radius 1 is 1.22 bits per heavy atom. The third-order valence-electron chi connectivity index (χ3n) is 4.52. The quantitative estimate of drug-likeness (QED) is 0.755. The minimum absolute atomic E-state index is 0.0198. The first kappa shape index (κ1) is 14.3. The molecule has 1 N–H and O–H groups in total. The van der Waals surface area contributed by atoms with Crippen molar-refractivity contribution in [3.8, 4) is 0 Å². The Hall–Kier alpha value is -0.120. The molecular weight excluding hydrogens is 224 g/mol. The highest BCUT2D eigenvalue weighted by molar-refractivity contribution is 4.86. The maximum Gasteiger partial charge on any atom is 0.0634 e. The lowest BCUT2D eigenvalue weighted by atomic mass is 9.99. The van der Waals surface area contributed by atoms with Crippen LogP contribution in [0.3, 0.4) is 0 Å². The summed E-state index contributed by atoms with van der Waals surface area (Å²) in [5, 5.41) is 3.69. The molecule has 18 heavy (non-hydrogen) atoms. The fourth-order valence-electron chi connectivity index (χ4n) is 2.69. The lowest BCUT2D eigenvalue weighted by molar-refractivity contribution is 0.000963. The molecule has 2 fully saturated rings. The van der Waals surface area contributed by atoms with E-state index in [0.29, 0.717) is 0 Å². The predicted octanol–water partition coefficient (Wildman–Crippen LogP) is 2.41. The Balaban J connectivity index is 1.75. The van der Waals surface area contributed by atoms with Gasteiger partial charge in [-0.25, -0.2) is 0 Å². The summed E-state index contributed by atoms with van der Waals surface area (Å²) in [5.41, 5.74) is 0.0198. The molecule has 106 valence electrons. The topological polar surface area (TPSA) is 24.5 Å². The maximum atomic E-state index is 5.53. The molecule has 1 aliphatic heterocycles. The second kappa shape index (κ2) is 6.36. The van der Waals surface area contributed by atoms with Crippen LogP contribution in [0.25, 0.3) is 0 Å². The monoisotopic (exact) mass is 254 g/mol. The van der Waals surface area contributed by atoms with E-state index in [4.69, 9.17) is 4.74 Å². The SMILES string of the molecule is COC(C)(C)CCN1CCCCC1CNC1CC1. The van der Waals surface area contributed by atoms with Crippen molar-refractivity contribution in [3.63, 3.8) is 0 Å². The van der Waals surface area contributed by atoms with E-state index in [1.165, 1.54) is 51.7 Å². The zero-order valence-corrected chi connectivity index (χ0v) is 12.4. The van der Waals surface area contributed by atoms with Crippen LogP contribution in [0.1, 0.15) is 52.4 Å². The molecule has 1 heterocycles. The number of rotatable bonds is 7.